The summed E-state index contributed by atoms with van der Waals surface area (Å²) in [5, 5.41) is 0. The molecule has 3 atom stereocenters. The van der Waals surface area contributed by atoms with Crippen LogP contribution in [-0.2, 0) is 25.0 Å². The summed E-state index contributed by atoms with van der Waals surface area (Å²) in [6.45, 7) is 10.3. The molecular weight excluding hydrogens is 552 g/mol. The lowest BCUT2D eigenvalue weighted by Gasteiger charge is -2.33. The van der Waals surface area contributed by atoms with Gasteiger partial charge in [-0.05, 0) is 71.1 Å². The van der Waals surface area contributed by atoms with E-state index >= 15 is 0 Å². The minimum Gasteiger partial charge on any atom is -0.491 e. The minimum atomic E-state index is -0.401. The maximum atomic E-state index is 5.94. The Bertz CT molecular complexity index is 1470. The Morgan fingerprint density at radius 1 is 0.545 bits per heavy atom. The summed E-state index contributed by atoms with van der Waals surface area (Å²) in [6, 6.07) is 34.4. The van der Waals surface area contributed by atoms with Crippen molar-refractivity contribution in [2.45, 2.75) is 56.5 Å². The van der Waals surface area contributed by atoms with E-state index in [1.54, 1.807) is 0 Å². The smallest absolute Gasteiger partial charge is 0.202 e. The van der Waals surface area contributed by atoms with E-state index in [1.165, 1.54) is 27.8 Å². The molecule has 7 rings (SSSR count). The highest BCUT2D eigenvalue weighted by Gasteiger charge is 2.33. The van der Waals surface area contributed by atoms with Crippen LogP contribution in [-0.4, -0.2) is 51.5 Å². The summed E-state index contributed by atoms with van der Waals surface area (Å²) < 4.78 is 33.8. The highest BCUT2D eigenvalue weighted by atomic mass is 16.7. The first-order valence-electron chi connectivity index (χ1n) is 15.6. The van der Waals surface area contributed by atoms with E-state index in [2.05, 4.69) is 106 Å². The third kappa shape index (κ3) is 6.20. The molecule has 6 nitrogen and oxygen atoms in total. The highest BCUT2D eigenvalue weighted by Crippen LogP contribution is 2.41. The summed E-state index contributed by atoms with van der Waals surface area (Å²) >= 11 is 0. The van der Waals surface area contributed by atoms with Crippen LogP contribution in [0.4, 0.5) is 0 Å². The van der Waals surface area contributed by atoms with Crippen LogP contribution in [0, 0.1) is 0 Å². The van der Waals surface area contributed by atoms with Gasteiger partial charge in [0.2, 0.25) is 6.29 Å². The molecule has 4 aromatic rings. The Morgan fingerprint density at radius 3 is 1.30 bits per heavy atom. The van der Waals surface area contributed by atoms with Gasteiger partial charge < -0.3 is 28.4 Å². The maximum Gasteiger partial charge on any atom is 0.202 e. The molecule has 0 saturated carbocycles. The van der Waals surface area contributed by atoms with Crippen LogP contribution in [0.3, 0.4) is 0 Å². The van der Waals surface area contributed by atoms with Crippen LogP contribution in [0.5, 0.6) is 17.2 Å². The van der Waals surface area contributed by atoms with Gasteiger partial charge in [-0.1, -0.05) is 74.5 Å². The van der Waals surface area contributed by atoms with Crippen LogP contribution >= 0.6 is 0 Å². The lowest BCUT2D eigenvalue weighted by molar-refractivity contribution is -0.165. The Labute approximate surface area is 259 Å². The van der Waals surface area contributed by atoms with E-state index in [0.29, 0.717) is 13.2 Å². The van der Waals surface area contributed by atoms with Crippen LogP contribution in [0.15, 0.2) is 97.1 Å². The molecule has 0 aliphatic carbocycles. The highest BCUT2D eigenvalue weighted by molar-refractivity contribution is 5.52. The van der Waals surface area contributed by atoms with Gasteiger partial charge in [-0.15, -0.1) is 0 Å². The third-order valence-electron chi connectivity index (χ3n) is 9.22. The average molecular weight is 593 g/mol. The molecule has 0 aromatic heterocycles. The molecular formula is C38H40O6. The molecule has 4 aromatic carbocycles. The lowest BCUT2D eigenvalue weighted by Crippen LogP contribution is -2.32. The molecule has 3 fully saturated rings. The van der Waals surface area contributed by atoms with Crippen LogP contribution in [0.2, 0.25) is 0 Å². The molecule has 3 unspecified atom stereocenters. The second kappa shape index (κ2) is 11.9. The Kier molecular flexibility index (Phi) is 7.83. The zero-order chi connectivity index (χ0) is 30.1. The molecule has 3 aliphatic heterocycles. The summed E-state index contributed by atoms with van der Waals surface area (Å²) in [6.07, 6.45) is 1.28. The van der Waals surface area contributed by atoms with Crippen LogP contribution < -0.4 is 14.2 Å². The van der Waals surface area contributed by atoms with Crippen molar-refractivity contribution in [3.63, 3.8) is 0 Å². The van der Waals surface area contributed by atoms with Gasteiger partial charge in [0.25, 0.3) is 0 Å². The van der Waals surface area contributed by atoms with E-state index in [9.17, 15) is 0 Å². The largest absolute Gasteiger partial charge is 0.491 e. The molecule has 0 N–H and O–H groups in total. The van der Waals surface area contributed by atoms with Gasteiger partial charge in [-0.25, -0.2) is 0 Å². The second-order valence-corrected chi connectivity index (χ2v) is 12.6. The molecule has 228 valence electrons. The standard InChI is InChI=1S/C38H40O6/c1-37(2,27-8-18-33(19-9-27)44-36-20-21-39-36)26-4-6-28(7-5-26)38(3,29-10-14-31(15-11-29)40-22-34-24-42-34)30-12-16-32(17-13-30)41-23-35-25-43-35/h4-19,34-36H,20-25H2,1-3H3. The number of rotatable bonds is 13. The van der Waals surface area contributed by atoms with Crippen molar-refractivity contribution in [3.05, 3.63) is 125 Å². The number of hydrogen-bond donors (Lipinski definition) is 0. The Morgan fingerprint density at radius 2 is 0.909 bits per heavy atom. The van der Waals surface area contributed by atoms with Gasteiger partial charge in [0, 0.05) is 17.3 Å². The first kappa shape index (κ1) is 28.9. The Balaban J connectivity index is 1.16. The predicted octanol–water partition coefficient (Wildman–Crippen LogP) is 7.05. The first-order valence-corrected chi connectivity index (χ1v) is 15.6. The average Bonchev–Trinajstić information content (AvgIpc) is 3.97. The van der Waals surface area contributed by atoms with E-state index in [4.69, 9.17) is 28.4 Å². The van der Waals surface area contributed by atoms with Gasteiger partial charge in [0.05, 0.1) is 19.8 Å². The van der Waals surface area contributed by atoms with Crippen LogP contribution in [0.1, 0.15) is 55.0 Å². The fourth-order valence-electron chi connectivity index (χ4n) is 5.77. The first-order chi connectivity index (χ1) is 21.4. The fourth-order valence-corrected chi connectivity index (χ4v) is 5.77. The van der Waals surface area contributed by atoms with Crippen molar-refractivity contribution < 1.29 is 28.4 Å². The lowest BCUT2D eigenvalue weighted by atomic mass is 9.70. The van der Waals surface area contributed by atoms with E-state index in [-0.39, 0.29) is 23.9 Å². The predicted molar refractivity (Wildman–Crippen MR) is 169 cm³/mol. The second-order valence-electron chi connectivity index (χ2n) is 12.6. The van der Waals surface area contributed by atoms with E-state index in [1.807, 2.05) is 12.1 Å². The molecule has 0 radical (unpaired) electrons. The normalized spacial score (nSPS) is 21.9. The third-order valence-corrected chi connectivity index (χ3v) is 9.22. The number of benzene rings is 4. The van der Waals surface area contributed by atoms with Crippen molar-refractivity contribution in [3.8, 4) is 17.2 Å². The molecule has 0 spiro atoms. The molecule has 3 aliphatic rings. The Hall–Kier alpha value is -3.84. The van der Waals surface area contributed by atoms with Gasteiger partial charge in [0.15, 0.2) is 0 Å². The van der Waals surface area contributed by atoms with Crippen molar-refractivity contribution >= 4 is 0 Å². The summed E-state index contributed by atoms with van der Waals surface area (Å²) in [4.78, 5) is 0. The zero-order valence-corrected chi connectivity index (χ0v) is 25.7. The van der Waals surface area contributed by atoms with Gasteiger partial charge in [-0.3, -0.25) is 0 Å². The zero-order valence-electron chi connectivity index (χ0n) is 25.7. The summed E-state index contributed by atoms with van der Waals surface area (Å²) in [5.41, 5.74) is 5.47. The summed E-state index contributed by atoms with van der Waals surface area (Å²) in [7, 11) is 0. The molecule has 3 heterocycles. The maximum absolute atomic E-state index is 5.94. The van der Waals surface area contributed by atoms with Crippen molar-refractivity contribution in [2.75, 3.05) is 33.0 Å². The van der Waals surface area contributed by atoms with Gasteiger partial charge in [-0.2, -0.15) is 0 Å². The van der Waals surface area contributed by atoms with Crippen LogP contribution in [0.25, 0.3) is 0 Å². The SMILES string of the molecule is CC(C)(c1ccc(OC2CCO2)cc1)c1ccc(C(C)(c2ccc(OCC3CO3)cc2)c2ccc(OCC3CO3)cc2)cc1. The molecule has 0 amide bonds. The monoisotopic (exact) mass is 592 g/mol. The summed E-state index contributed by atoms with van der Waals surface area (Å²) in [5.74, 6) is 2.55. The molecule has 6 heteroatoms. The van der Waals surface area contributed by atoms with E-state index < -0.39 is 5.41 Å². The van der Waals surface area contributed by atoms with E-state index in [0.717, 1.165) is 43.5 Å². The van der Waals surface area contributed by atoms with Gasteiger partial charge >= 0.3 is 0 Å². The topological polar surface area (TPSA) is 62.0 Å². The fraction of sp³-hybridized carbons (Fsp3) is 0.368. The van der Waals surface area contributed by atoms with Gasteiger partial charge in [0.1, 0.15) is 42.7 Å². The van der Waals surface area contributed by atoms with Crippen molar-refractivity contribution in [1.29, 1.82) is 0 Å². The molecule has 0 bridgehead atoms. The molecule has 3 saturated heterocycles. The van der Waals surface area contributed by atoms with Crippen molar-refractivity contribution in [2.24, 2.45) is 0 Å². The minimum absolute atomic E-state index is 0.113. The number of epoxide rings is 2. The number of ether oxygens (including phenoxy) is 6. The quantitative estimate of drug-likeness (QED) is 0.123. The van der Waals surface area contributed by atoms with Crippen molar-refractivity contribution in [1.82, 2.24) is 0 Å². The molecule has 44 heavy (non-hydrogen) atoms. The number of hydrogen-bond acceptors (Lipinski definition) is 6.